The predicted octanol–water partition coefficient (Wildman–Crippen LogP) is 4.13. The first-order valence-electron chi connectivity index (χ1n) is 9.76. The van der Waals surface area contributed by atoms with Crippen molar-refractivity contribution in [2.24, 2.45) is 0 Å². The maximum absolute atomic E-state index is 12.6. The topological polar surface area (TPSA) is 58.2 Å². The normalized spacial score (nSPS) is 11.5. The third-order valence-electron chi connectivity index (χ3n) is 4.71. The summed E-state index contributed by atoms with van der Waals surface area (Å²) in [5.41, 5.74) is 4.78. The Hall–Kier alpha value is -3.40. The second kappa shape index (κ2) is 9.69. The maximum Gasteiger partial charge on any atom is 0.251 e. The minimum Gasteiger partial charge on any atom is -0.347 e. The molecular weight excluding hydrogens is 360 g/mol. The SMILES string of the molecule is Cc1cc(C)cc(C(=O)NCC(=O)NC(Cc2ccccc2)c2ccccc2)c1. The van der Waals surface area contributed by atoms with Gasteiger partial charge in [0.15, 0.2) is 0 Å². The minimum atomic E-state index is -0.244. The van der Waals surface area contributed by atoms with Crippen LogP contribution in [0.25, 0.3) is 0 Å². The van der Waals surface area contributed by atoms with Gasteiger partial charge in [0.05, 0.1) is 12.6 Å². The summed E-state index contributed by atoms with van der Waals surface area (Å²) < 4.78 is 0. The molecule has 3 aromatic carbocycles. The van der Waals surface area contributed by atoms with Gasteiger partial charge in [0.2, 0.25) is 5.91 Å². The van der Waals surface area contributed by atoms with Crippen molar-refractivity contribution < 1.29 is 9.59 Å². The number of hydrogen-bond donors (Lipinski definition) is 2. The zero-order valence-corrected chi connectivity index (χ0v) is 16.8. The third kappa shape index (κ3) is 6.04. The molecule has 1 unspecified atom stereocenters. The van der Waals surface area contributed by atoms with Gasteiger partial charge in [-0.2, -0.15) is 0 Å². The molecule has 1 atom stereocenters. The van der Waals surface area contributed by atoms with Crippen LogP contribution >= 0.6 is 0 Å². The van der Waals surface area contributed by atoms with Crippen LogP contribution in [0.3, 0.4) is 0 Å². The highest BCUT2D eigenvalue weighted by molar-refractivity contribution is 5.96. The van der Waals surface area contributed by atoms with Crippen LogP contribution in [-0.2, 0) is 11.2 Å². The van der Waals surface area contributed by atoms with Crippen molar-refractivity contribution in [1.29, 1.82) is 0 Å². The Morgan fingerprint density at radius 2 is 1.41 bits per heavy atom. The highest BCUT2D eigenvalue weighted by Crippen LogP contribution is 2.18. The fourth-order valence-corrected chi connectivity index (χ4v) is 3.40. The van der Waals surface area contributed by atoms with Gasteiger partial charge >= 0.3 is 0 Å². The quantitative estimate of drug-likeness (QED) is 0.641. The predicted molar refractivity (Wildman–Crippen MR) is 116 cm³/mol. The Labute approximate surface area is 172 Å². The van der Waals surface area contributed by atoms with E-state index in [-0.39, 0.29) is 24.4 Å². The summed E-state index contributed by atoms with van der Waals surface area (Å²) in [5, 5.41) is 5.78. The van der Waals surface area contributed by atoms with E-state index in [4.69, 9.17) is 0 Å². The molecule has 0 saturated heterocycles. The first kappa shape index (κ1) is 20.3. The Morgan fingerprint density at radius 3 is 2.03 bits per heavy atom. The van der Waals surface area contributed by atoms with Crippen LogP contribution in [0.15, 0.2) is 78.9 Å². The average molecular weight is 386 g/mol. The molecule has 148 valence electrons. The average Bonchev–Trinajstić information content (AvgIpc) is 2.72. The van der Waals surface area contributed by atoms with Crippen LogP contribution in [0.2, 0.25) is 0 Å². The summed E-state index contributed by atoms with van der Waals surface area (Å²) in [6.07, 6.45) is 0.682. The Balaban J connectivity index is 1.64. The lowest BCUT2D eigenvalue weighted by Gasteiger charge is -2.20. The molecule has 2 N–H and O–H groups in total. The Bertz CT molecular complexity index is 948. The van der Waals surface area contributed by atoms with Crippen LogP contribution in [0.5, 0.6) is 0 Å². The van der Waals surface area contributed by atoms with E-state index in [1.54, 1.807) is 0 Å². The van der Waals surface area contributed by atoms with Crippen molar-refractivity contribution in [2.75, 3.05) is 6.54 Å². The molecular formula is C25H26N2O2. The van der Waals surface area contributed by atoms with Crippen LogP contribution < -0.4 is 10.6 Å². The van der Waals surface area contributed by atoms with Gasteiger partial charge in [-0.1, -0.05) is 77.9 Å². The zero-order chi connectivity index (χ0) is 20.6. The number of amides is 2. The molecule has 0 radical (unpaired) electrons. The highest BCUT2D eigenvalue weighted by Gasteiger charge is 2.16. The molecule has 29 heavy (non-hydrogen) atoms. The summed E-state index contributed by atoms with van der Waals surface area (Å²) in [5.74, 6) is -0.459. The number of aryl methyl sites for hydroxylation is 2. The molecule has 3 aromatic rings. The van der Waals surface area contributed by atoms with Crippen LogP contribution in [0.1, 0.15) is 38.7 Å². The Kier molecular flexibility index (Phi) is 6.80. The first-order valence-corrected chi connectivity index (χ1v) is 9.76. The van der Waals surface area contributed by atoms with E-state index in [0.29, 0.717) is 12.0 Å². The summed E-state index contributed by atoms with van der Waals surface area (Å²) in [6, 6.07) is 25.4. The smallest absolute Gasteiger partial charge is 0.251 e. The van der Waals surface area contributed by atoms with Gasteiger partial charge in [0.1, 0.15) is 0 Å². The molecule has 0 aliphatic heterocycles. The molecule has 0 aromatic heterocycles. The highest BCUT2D eigenvalue weighted by atomic mass is 16.2. The summed E-state index contributed by atoms with van der Waals surface area (Å²) in [7, 11) is 0. The van der Waals surface area contributed by atoms with Crippen molar-refractivity contribution in [1.82, 2.24) is 10.6 Å². The van der Waals surface area contributed by atoms with E-state index in [9.17, 15) is 9.59 Å². The van der Waals surface area contributed by atoms with Crippen molar-refractivity contribution in [3.05, 3.63) is 107 Å². The summed E-state index contributed by atoms with van der Waals surface area (Å²) >= 11 is 0. The van der Waals surface area contributed by atoms with Crippen molar-refractivity contribution in [2.45, 2.75) is 26.3 Å². The molecule has 0 fully saturated rings. The molecule has 0 bridgehead atoms. The largest absolute Gasteiger partial charge is 0.347 e. The van der Waals surface area contributed by atoms with Gasteiger partial charge < -0.3 is 10.6 Å². The number of nitrogens with one attached hydrogen (secondary N) is 2. The third-order valence-corrected chi connectivity index (χ3v) is 4.71. The number of hydrogen-bond acceptors (Lipinski definition) is 2. The molecule has 0 aliphatic carbocycles. The zero-order valence-electron chi connectivity index (χ0n) is 16.8. The maximum atomic E-state index is 12.6. The van der Waals surface area contributed by atoms with E-state index >= 15 is 0 Å². The molecule has 4 nitrogen and oxygen atoms in total. The fourth-order valence-electron chi connectivity index (χ4n) is 3.40. The van der Waals surface area contributed by atoms with Gasteiger partial charge in [-0.05, 0) is 43.5 Å². The fraction of sp³-hybridized carbons (Fsp3) is 0.200. The summed E-state index contributed by atoms with van der Waals surface area (Å²) in [6.45, 7) is 3.83. The van der Waals surface area contributed by atoms with Gasteiger partial charge in [-0.3, -0.25) is 9.59 Å². The second-order valence-corrected chi connectivity index (χ2v) is 7.28. The van der Waals surface area contributed by atoms with Gasteiger partial charge in [-0.25, -0.2) is 0 Å². The molecule has 0 heterocycles. The van der Waals surface area contributed by atoms with Gasteiger partial charge in [-0.15, -0.1) is 0 Å². The van der Waals surface area contributed by atoms with Gasteiger partial charge in [0, 0.05) is 5.56 Å². The molecule has 2 amide bonds. The van der Waals surface area contributed by atoms with Crippen molar-refractivity contribution >= 4 is 11.8 Å². The molecule has 4 heteroatoms. The number of carbonyl (C=O) groups is 2. The van der Waals surface area contributed by atoms with Crippen LogP contribution in [0.4, 0.5) is 0 Å². The van der Waals surface area contributed by atoms with Crippen molar-refractivity contribution in [3.8, 4) is 0 Å². The lowest BCUT2D eigenvalue weighted by Crippen LogP contribution is -2.39. The Morgan fingerprint density at radius 1 is 0.828 bits per heavy atom. The summed E-state index contributed by atoms with van der Waals surface area (Å²) in [4.78, 5) is 25.0. The van der Waals surface area contributed by atoms with Crippen molar-refractivity contribution in [3.63, 3.8) is 0 Å². The van der Waals surface area contributed by atoms with E-state index in [1.165, 1.54) is 0 Å². The minimum absolute atomic E-state index is 0.0655. The molecule has 0 aliphatic rings. The molecule has 3 rings (SSSR count). The van der Waals surface area contributed by atoms with E-state index in [1.807, 2.05) is 92.7 Å². The monoisotopic (exact) mass is 386 g/mol. The van der Waals surface area contributed by atoms with E-state index < -0.39 is 0 Å². The number of rotatable bonds is 7. The van der Waals surface area contributed by atoms with E-state index in [2.05, 4.69) is 10.6 Å². The lowest BCUT2D eigenvalue weighted by atomic mass is 9.99. The molecule has 0 saturated carbocycles. The molecule has 0 spiro atoms. The van der Waals surface area contributed by atoms with Gasteiger partial charge in [0.25, 0.3) is 5.91 Å². The first-order chi connectivity index (χ1) is 14.0. The second-order valence-electron chi connectivity index (χ2n) is 7.28. The van der Waals surface area contributed by atoms with E-state index in [0.717, 1.165) is 22.3 Å². The number of carbonyl (C=O) groups excluding carboxylic acids is 2. The lowest BCUT2D eigenvalue weighted by molar-refractivity contribution is -0.120. The standard InChI is InChI=1S/C25H26N2O2/c1-18-13-19(2)15-22(14-18)25(29)26-17-24(28)27-23(21-11-7-4-8-12-21)16-20-9-5-3-6-10-20/h3-15,23H,16-17H2,1-2H3,(H,26,29)(H,27,28). The van der Waals surface area contributed by atoms with Crippen LogP contribution in [0, 0.1) is 13.8 Å². The number of benzene rings is 3. The van der Waals surface area contributed by atoms with Crippen LogP contribution in [-0.4, -0.2) is 18.4 Å².